The Bertz CT molecular complexity index is 555. The van der Waals surface area contributed by atoms with E-state index >= 15 is 0 Å². The molecule has 0 saturated heterocycles. The van der Waals surface area contributed by atoms with Gasteiger partial charge in [-0.15, -0.1) is 0 Å². The molecule has 0 aliphatic rings. The number of rotatable bonds is 7. The van der Waals surface area contributed by atoms with E-state index in [9.17, 15) is 22.8 Å². The van der Waals surface area contributed by atoms with Gasteiger partial charge in [0.1, 0.15) is 0 Å². The van der Waals surface area contributed by atoms with Gasteiger partial charge in [0.15, 0.2) is 0 Å². The normalized spacial score (nSPS) is 12.6. The van der Waals surface area contributed by atoms with E-state index in [4.69, 9.17) is 4.74 Å². The molecule has 0 saturated carbocycles. The van der Waals surface area contributed by atoms with Crippen LogP contribution in [0.25, 0.3) is 0 Å². The predicted octanol–water partition coefficient (Wildman–Crippen LogP) is 3.90. The smallest absolute Gasteiger partial charge is 0.416 e. The second-order valence-electron chi connectivity index (χ2n) is 5.39. The number of benzene rings is 1. The van der Waals surface area contributed by atoms with Gasteiger partial charge in [-0.2, -0.15) is 13.2 Å². The molecule has 4 nitrogen and oxygen atoms in total. The van der Waals surface area contributed by atoms with Crippen LogP contribution in [0.2, 0.25) is 0 Å². The molecule has 0 aliphatic heterocycles. The maximum atomic E-state index is 12.6. The van der Waals surface area contributed by atoms with Crippen molar-refractivity contribution >= 4 is 11.9 Å². The molecule has 0 fully saturated rings. The first-order valence-corrected chi connectivity index (χ1v) is 7.84. The predicted molar refractivity (Wildman–Crippen MR) is 83.5 cm³/mol. The third-order valence-corrected chi connectivity index (χ3v) is 3.71. The molecule has 1 unspecified atom stereocenters. The molecule has 0 bridgehead atoms. The SMILES string of the molecule is CCOC(=O)CCN(C(=O)c1ccc(C(F)(F)F)cc1)C(C)CC. The van der Waals surface area contributed by atoms with Crippen LogP contribution in [0, 0.1) is 0 Å². The monoisotopic (exact) mass is 345 g/mol. The van der Waals surface area contributed by atoms with E-state index in [-0.39, 0.29) is 31.2 Å². The van der Waals surface area contributed by atoms with Crippen LogP contribution in [0.1, 0.15) is 49.5 Å². The van der Waals surface area contributed by atoms with Crippen molar-refractivity contribution in [1.82, 2.24) is 4.90 Å². The highest BCUT2D eigenvalue weighted by molar-refractivity contribution is 5.94. The van der Waals surface area contributed by atoms with Gasteiger partial charge in [-0.3, -0.25) is 9.59 Å². The molecule has 0 N–H and O–H groups in total. The number of amides is 1. The molecular formula is C17H22F3NO3. The van der Waals surface area contributed by atoms with Crippen LogP contribution in [-0.2, 0) is 15.7 Å². The summed E-state index contributed by atoms with van der Waals surface area (Å²) in [6.45, 7) is 5.83. The van der Waals surface area contributed by atoms with Crippen LogP contribution in [0.5, 0.6) is 0 Å². The molecule has 0 aromatic heterocycles. The Hall–Kier alpha value is -2.05. The highest BCUT2D eigenvalue weighted by atomic mass is 19.4. The number of nitrogens with zero attached hydrogens (tertiary/aromatic N) is 1. The van der Waals surface area contributed by atoms with Gasteiger partial charge in [0.2, 0.25) is 0 Å². The molecule has 0 heterocycles. The molecule has 1 aromatic carbocycles. The Morgan fingerprint density at radius 2 is 1.75 bits per heavy atom. The molecule has 24 heavy (non-hydrogen) atoms. The largest absolute Gasteiger partial charge is 0.466 e. The molecule has 0 radical (unpaired) electrons. The van der Waals surface area contributed by atoms with Crippen LogP contribution < -0.4 is 0 Å². The summed E-state index contributed by atoms with van der Waals surface area (Å²) in [5.74, 6) is -0.812. The average molecular weight is 345 g/mol. The van der Waals surface area contributed by atoms with Crippen molar-refractivity contribution in [3.63, 3.8) is 0 Å². The van der Waals surface area contributed by atoms with Gasteiger partial charge < -0.3 is 9.64 Å². The van der Waals surface area contributed by atoms with E-state index < -0.39 is 23.6 Å². The van der Waals surface area contributed by atoms with E-state index in [0.29, 0.717) is 6.42 Å². The van der Waals surface area contributed by atoms with E-state index in [2.05, 4.69) is 0 Å². The first-order chi connectivity index (χ1) is 11.2. The lowest BCUT2D eigenvalue weighted by Crippen LogP contribution is -2.40. The summed E-state index contributed by atoms with van der Waals surface area (Å²) in [6, 6.07) is 3.94. The number of carbonyl (C=O) groups is 2. The van der Waals surface area contributed by atoms with E-state index in [1.807, 2.05) is 13.8 Å². The van der Waals surface area contributed by atoms with Gasteiger partial charge in [-0.1, -0.05) is 6.92 Å². The fourth-order valence-corrected chi connectivity index (χ4v) is 2.15. The fraction of sp³-hybridized carbons (Fsp3) is 0.529. The summed E-state index contributed by atoms with van der Waals surface area (Å²) in [5.41, 5.74) is -0.646. The summed E-state index contributed by atoms with van der Waals surface area (Å²) in [7, 11) is 0. The zero-order valence-electron chi connectivity index (χ0n) is 14.0. The van der Waals surface area contributed by atoms with Gasteiger partial charge >= 0.3 is 12.1 Å². The quantitative estimate of drug-likeness (QED) is 0.704. The summed E-state index contributed by atoms with van der Waals surface area (Å²) < 4.78 is 42.6. The standard InChI is InChI=1S/C17H22F3NO3/c1-4-12(3)21(11-10-15(22)24-5-2)16(23)13-6-8-14(9-7-13)17(18,19)20/h6-9,12H,4-5,10-11H2,1-3H3. The van der Waals surface area contributed by atoms with Crippen LogP contribution >= 0.6 is 0 Å². The zero-order valence-corrected chi connectivity index (χ0v) is 14.0. The van der Waals surface area contributed by atoms with Crippen LogP contribution in [-0.4, -0.2) is 36.0 Å². The lowest BCUT2D eigenvalue weighted by atomic mass is 10.1. The van der Waals surface area contributed by atoms with Gasteiger partial charge in [0.05, 0.1) is 18.6 Å². The average Bonchev–Trinajstić information content (AvgIpc) is 2.54. The summed E-state index contributed by atoms with van der Waals surface area (Å²) in [4.78, 5) is 25.5. The maximum absolute atomic E-state index is 12.6. The van der Waals surface area contributed by atoms with Crippen molar-refractivity contribution < 1.29 is 27.5 Å². The highest BCUT2D eigenvalue weighted by Gasteiger charge is 2.30. The van der Waals surface area contributed by atoms with Gasteiger partial charge in [-0.05, 0) is 44.5 Å². The Kier molecular flexibility index (Phi) is 7.25. The fourth-order valence-electron chi connectivity index (χ4n) is 2.15. The first kappa shape index (κ1) is 20.0. The van der Waals surface area contributed by atoms with Crippen molar-refractivity contribution in [2.24, 2.45) is 0 Å². The Morgan fingerprint density at radius 1 is 1.17 bits per heavy atom. The van der Waals surface area contributed by atoms with Crippen LogP contribution in [0.15, 0.2) is 24.3 Å². The lowest BCUT2D eigenvalue weighted by molar-refractivity contribution is -0.143. The molecule has 1 atom stereocenters. The lowest BCUT2D eigenvalue weighted by Gasteiger charge is -2.28. The number of halogens is 3. The molecule has 0 aliphatic carbocycles. The topological polar surface area (TPSA) is 46.6 Å². The minimum Gasteiger partial charge on any atom is -0.466 e. The first-order valence-electron chi connectivity index (χ1n) is 7.84. The van der Waals surface area contributed by atoms with Crippen molar-refractivity contribution in [2.45, 2.75) is 45.8 Å². The minimum absolute atomic E-state index is 0.0462. The second-order valence-corrected chi connectivity index (χ2v) is 5.39. The second kappa shape index (κ2) is 8.70. The van der Waals surface area contributed by atoms with Crippen LogP contribution in [0.3, 0.4) is 0 Å². The Morgan fingerprint density at radius 3 is 2.21 bits per heavy atom. The summed E-state index contributed by atoms with van der Waals surface area (Å²) >= 11 is 0. The summed E-state index contributed by atoms with van der Waals surface area (Å²) in [5, 5.41) is 0. The van der Waals surface area contributed by atoms with Gasteiger partial charge in [-0.25, -0.2) is 0 Å². The number of alkyl halides is 3. The minimum atomic E-state index is -4.44. The molecular weight excluding hydrogens is 323 g/mol. The van der Waals surface area contributed by atoms with Crippen molar-refractivity contribution in [3.8, 4) is 0 Å². The van der Waals surface area contributed by atoms with Crippen molar-refractivity contribution in [3.05, 3.63) is 35.4 Å². The molecule has 134 valence electrons. The molecule has 1 amide bonds. The van der Waals surface area contributed by atoms with Gasteiger partial charge in [0, 0.05) is 18.2 Å². The third kappa shape index (κ3) is 5.54. The number of esters is 1. The molecule has 1 rings (SSSR count). The number of hydrogen-bond acceptors (Lipinski definition) is 3. The number of ether oxygens (including phenoxy) is 1. The third-order valence-electron chi connectivity index (χ3n) is 3.71. The van der Waals surface area contributed by atoms with E-state index in [1.54, 1.807) is 6.92 Å². The van der Waals surface area contributed by atoms with Crippen LogP contribution in [0.4, 0.5) is 13.2 Å². The number of carbonyl (C=O) groups excluding carboxylic acids is 2. The number of hydrogen-bond donors (Lipinski definition) is 0. The highest BCUT2D eigenvalue weighted by Crippen LogP contribution is 2.29. The van der Waals surface area contributed by atoms with E-state index in [0.717, 1.165) is 24.3 Å². The molecule has 7 heteroatoms. The maximum Gasteiger partial charge on any atom is 0.416 e. The Labute approximate surface area is 139 Å². The van der Waals surface area contributed by atoms with E-state index in [1.165, 1.54) is 4.90 Å². The molecule has 0 spiro atoms. The summed E-state index contributed by atoms with van der Waals surface area (Å²) in [6.07, 6.45) is -3.73. The molecule has 1 aromatic rings. The van der Waals surface area contributed by atoms with Crippen molar-refractivity contribution in [2.75, 3.05) is 13.2 Å². The Balaban J connectivity index is 2.89. The van der Waals surface area contributed by atoms with Gasteiger partial charge in [0.25, 0.3) is 5.91 Å². The van der Waals surface area contributed by atoms with Crippen molar-refractivity contribution in [1.29, 1.82) is 0 Å². The zero-order chi connectivity index (χ0) is 18.3.